The lowest BCUT2D eigenvalue weighted by atomic mass is 10.1. The van der Waals surface area contributed by atoms with Crippen molar-refractivity contribution in [1.82, 2.24) is 0 Å². The highest BCUT2D eigenvalue weighted by molar-refractivity contribution is 5.97. The highest BCUT2D eigenvalue weighted by Crippen LogP contribution is 2.35. The predicted octanol–water partition coefficient (Wildman–Crippen LogP) is 3.34. The van der Waals surface area contributed by atoms with E-state index in [2.05, 4.69) is 5.32 Å². The van der Waals surface area contributed by atoms with Gasteiger partial charge in [0.15, 0.2) is 17.6 Å². The zero-order valence-electron chi connectivity index (χ0n) is 17.7. The molecule has 2 aromatic carbocycles. The number of carbonyl (C=O) groups excluding carboxylic acids is 2. The molecule has 0 aromatic heterocycles. The first-order chi connectivity index (χ1) is 15.2. The standard InChI is InChI=1S/C21H21FN2O8/c1-12(21(26)23-14-6-7-15(22)16(10-14)24(27)28)32-20(25)8-5-13-9-18(30-3)19(31-4)11-17(13)29-2/h5-12H,1-4H3,(H,23,26)/b8-5+. The van der Waals surface area contributed by atoms with Gasteiger partial charge in [-0.25, -0.2) is 4.79 Å². The molecule has 1 unspecified atom stereocenters. The second-order valence-electron chi connectivity index (χ2n) is 6.27. The minimum Gasteiger partial charge on any atom is -0.496 e. The number of ether oxygens (including phenoxy) is 4. The maximum absolute atomic E-state index is 13.4. The smallest absolute Gasteiger partial charge is 0.331 e. The van der Waals surface area contributed by atoms with Gasteiger partial charge in [0.25, 0.3) is 5.91 Å². The van der Waals surface area contributed by atoms with Crippen LogP contribution in [0.25, 0.3) is 6.08 Å². The molecule has 0 radical (unpaired) electrons. The van der Waals surface area contributed by atoms with Gasteiger partial charge >= 0.3 is 11.7 Å². The van der Waals surface area contributed by atoms with Crippen molar-refractivity contribution in [3.8, 4) is 17.2 Å². The molecule has 11 heteroatoms. The average molecular weight is 448 g/mol. The van der Waals surface area contributed by atoms with Gasteiger partial charge in [0.1, 0.15) is 5.75 Å². The number of nitro groups is 1. The normalized spacial score (nSPS) is 11.5. The number of hydrogen-bond acceptors (Lipinski definition) is 8. The van der Waals surface area contributed by atoms with Crippen LogP contribution < -0.4 is 19.5 Å². The maximum Gasteiger partial charge on any atom is 0.331 e. The Labute approximate surface area is 182 Å². The molecule has 1 N–H and O–H groups in total. The second kappa shape index (κ2) is 10.8. The summed E-state index contributed by atoms with van der Waals surface area (Å²) in [5, 5.41) is 13.1. The van der Waals surface area contributed by atoms with Gasteiger partial charge in [0, 0.05) is 29.5 Å². The Balaban J connectivity index is 2.06. The van der Waals surface area contributed by atoms with E-state index < -0.39 is 34.4 Å². The van der Waals surface area contributed by atoms with E-state index in [1.165, 1.54) is 34.3 Å². The van der Waals surface area contributed by atoms with Crippen molar-refractivity contribution >= 4 is 29.3 Å². The Kier molecular flexibility index (Phi) is 8.11. The molecule has 170 valence electrons. The minimum absolute atomic E-state index is 0.0170. The fourth-order valence-electron chi connectivity index (χ4n) is 2.58. The third-order valence-corrected chi connectivity index (χ3v) is 4.21. The van der Waals surface area contributed by atoms with E-state index in [9.17, 15) is 24.1 Å². The molecule has 0 fully saturated rings. The maximum atomic E-state index is 13.4. The zero-order chi connectivity index (χ0) is 23.8. The van der Waals surface area contributed by atoms with Gasteiger partial charge < -0.3 is 24.3 Å². The molecule has 2 aromatic rings. The number of carbonyl (C=O) groups is 2. The van der Waals surface area contributed by atoms with Gasteiger partial charge in [-0.3, -0.25) is 14.9 Å². The molecule has 2 rings (SSSR count). The lowest BCUT2D eigenvalue weighted by molar-refractivity contribution is -0.387. The van der Waals surface area contributed by atoms with Gasteiger partial charge in [0.2, 0.25) is 5.82 Å². The quantitative estimate of drug-likeness (QED) is 0.268. The molecule has 0 heterocycles. The summed E-state index contributed by atoms with van der Waals surface area (Å²) in [5.41, 5.74) is -0.311. The SMILES string of the molecule is COc1cc(OC)c(OC)cc1/C=C/C(=O)OC(C)C(=O)Nc1ccc(F)c([N+](=O)[O-])c1. The Hall–Kier alpha value is -4.15. The first-order valence-electron chi connectivity index (χ1n) is 9.13. The number of esters is 1. The van der Waals surface area contributed by atoms with E-state index >= 15 is 0 Å². The summed E-state index contributed by atoms with van der Waals surface area (Å²) in [6.07, 6.45) is 1.27. The van der Waals surface area contributed by atoms with Crippen LogP contribution in [0.1, 0.15) is 12.5 Å². The van der Waals surface area contributed by atoms with Crippen LogP contribution in [0.15, 0.2) is 36.4 Å². The lowest BCUT2D eigenvalue weighted by Gasteiger charge is -2.13. The van der Waals surface area contributed by atoms with Crippen LogP contribution in [0.4, 0.5) is 15.8 Å². The number of rotatable bonds is 9. The van der Waals surface area contributed by atoms with Crippen LogP contribution in [0.5, 0.6) is 17.2 Å². The Morgan fingerprint density at radius 1 is 1.06 bits per heavy atom. The van der Waals surface area contributed by atoms with E-state index in [4.69, 9.17) is 18.9 Å². The summed E-state index contributed by atoms with van der Waals surface area (Å²) >= 11 is 0. The van der Waals surface area contributed by atoms with Crippen LogP contribution in [-0.2, 0) is 14.3 Å². The fraction of sp³-hybridized carbons (Fsp3) is 0.238. The Bertz CT molecular complexity index is 1050. The number of amides is 1. The molecule has 1 amide bonds. The molecule has 0 bridgehead atoms. The van der Waals surface area contributed by atoms with Gasteiger partial charge in [-0.2, -0.15) is 4.39 Å². The average Bonchev–Trinajstić information content (AvgIpc) is 2.77. The number of nitro benzene ring substituents is 1. The topological polar surface area (TPSA) is 126 Å². The molecule has 0 aliphatic carbocycles. The molecule has 1 atom stereocenters. The fourth-order valence-corrected chi connectivity index (χ4v) is 2.58. The Morgan fingerprint density at radius 2 is 1.69 bits per heavy atom. The van der Waals surface area contributed by atoms with Gasteiger partial charge in [-0.05, 0) is 31.2 Å². The molecule has 0 aliphatic rings. The monoisotopic (exact) mass is 448 g/mol. The van der Waals surface area contributed by atoms with Crippen LogP contribution >= 0.6 is 0 Å². The number of methoxy groups -OCH3 is 3. The number of anilines is 1. The number of hydrogen-bond donors (Lipinski definition) is 1. The van der Waals surface area contributed by atoms with E-state index in [1.54, 1.807) is 12.1 Å². The zero-order valence-corrected chi connectivity index (χ0v) is 17.7. The van der Waals surface area contributed by atoms with Gasteiger partial charge in [0.05, 0.1) is 26.3 Å². The van der Waals surface area contributed by atoms with Crippen molar-refractivity contribution in [3.63, 3.8) is 0 Å². The minimum atomic E-state index is -1.23. The van der Waals surface area contributed by atoms with Crippen LogP contribution in [0.3, 0.4) is 0 Å². The first-order valence-corrected chi connectivity index (χ1v) is 9.13. The van der Waals surface area contributed by atoms with Crippen molar-refractivity contribution in [2.24, 2.45) is 0 Å². The Morgan fingerprint density at radius 3 is 2.28 bits per heavy atom. The largest absolute Gasteiger partial charge is 0.496 e. The van der Waals surface area contributed by atoms with Crippen molar-refractivity contribution in [2.45, 2.75) is 13.0 Å². The molecular formula is C21H21FN2O8. The summed E-state index contributed by atoms with van der Waals surface area (Å²) in [5.74, 6) is -1.35. The van der Waals surface area contributed by atoms with Gasteiger partial charge in [-0.15, -0.1) is 0 Å². The van der Waals surface area contributed by atoms with Crippen molar-refractivity contribution in [2.75, 3.05) is 26.6 Å². The first kappa shape index (κ1) is 24.1. The number of nitrogens with zero attached hydrogens (tertiary/aromatic N) is 1. The van der Waals surface area contributed by atoms with E-state index in [0.29, 0.717) is 22.8 Å². The van der Waals surface area contributed by atoms with Crippen LogP contribution in [0, 0.1) is 15.9 Å². The molecule has 0 saturated heterocycles. The summed E-state index contributed by atoms with van der Waals surface area (Å²) in [6.45, 7) is 1.32. The van der Waals surface area contributed by atoms with Crippen molar-refractivity contribution in [1.29, 1.82) is 0 Å². The van der Waals surface area contributed by atoms with E-state index in [1.807, 2.05) is 0 Å². The second-order valence-corrected chi connectivity index (χ2v) is 6.27. The summed E-state index contributed by atoms with van der Waals surface area (Å²) in [6, 6.07) is 6.05. The molecule has 10 nitrogen and oxygen atoms in total. The van der Waals surface area contributed by atoms with Crippen molar-refractivity contribution in [3.05, 3.63) is 57.9 Å². The van der Waals surface area contributed by atoms with Gasteiger partial charge in [-0.1, -0.05) is 0 Å². The van der Waals surface area contributed by atoms with Crippen LogP contribution in [-0.4, -0.2) is 44.2 Å². The molecular weight excluding hydrogens is 427 g/mol. The van der Waals surface area contributed by atoms with E-state index in [0.717, 1.165) is 24.3 Å². The molecule has 32 heavy (non-hydrogen) atoms. The predicted molar refractivity (Wildman–Crippen MR) is 112 cm³/mol. The highest BCUT2D eigenvalue weighted by Gasteiger charge is 2.20. The number of halogens is 1. The summed E-state index contributed by atoms with van der Waals surface area (Å²) < 4.78 is 34.1. The third kappa shape index (κ3) is 5.94. The number of benzene rings is 2. The molecule has 0 spiro atoms. The molecule has 0 aliphatic heterocycles. The van der Waals surface area contributed by atoms with Crippen molar-refractivity contribution < 1.29 is 37.9 Å². The summed E-state index contributed by atoms with van der Waals surface area (Å²) in [4.78, 5) is 34.2. The highest BCUT2D eigenvalue weighted by atomic mass is 19.1. The lowest BCUT2D eigenvalue weighted by Crippen LogP contribution is -2.29. The van der Waals surface area contributed by atoms with E-state index in [-0.39, 0.29) is 5.69 Å². The van der Waals surface area contributed by atoms with Crippen LogP contribution in [0.2, 0.25) is 0 Å². The molecule has 0 saturated carbocycles. The number of nitrogens with one attached hydrogen (secondary N) is 1. The third-order valence-electron chi connectivity index (χ3n) is 4.21. The summed E-state index contributed by atoms with van der Waals surface area (Å²) in [7, 11) is 4.38.